The molecule has 1 rings (SSSR count). The molecule has 0 aliphatic heterocycles. The van der Waals surface area contributed by atoms with E-state index in [0.717, 1.165) is 0 Å². The molecule has 0 aromatic carbocycles. The second-order valence-electron chi connectivity index (χ2n) is 2.69. The molecule has 6 heteroatoms. The molecule has 0 bridgehead atoms. The van der Waals surface area contributed by atoms with Crippen LogP contribution in [-0.4, -0.2) is 13.7 Å². The largest absolute Gasteiger partial charge is 0.282 e. The maximum atomic E-state index is 11.5. The lowest BCUT2D eigenvalue weighted by atomic mass is 10.4. The fourth-order valence-electron chi connectivity index (χ4n) is 0.938. The molecule has 0 fully saturated rings. The van der Waals surface area contributed by atoms with Gasteiger partial charge in [0, 0.05) is 5.38 Å². The summed E-state index contributed by atoms with van der Waals surface area (Å²) >= 11 is 1.40. The predicted molar refractivity (Wildman–Crippen MR) is 56.6 cm³/mol. The fourth-order valence-corrected chi connectivity index (χ4v) is 2.78. The fraction of sp³-hybridized carbons (Fsp3) is 0.375. The number of nitrogens with one attached hydrogen (secondary N) is 1. The summed E-state index contributed by atoms with van der Waals surface area (Å²) in [6, 6.07) is 3.42. The van der Waals surface area contributed by atoms with Gasteiger partial charge in [-0.1, -0.05) is 6.92 Å². The van der Waals surface area contributed by atoms with E-state index in [0.29, 0.717) is 5.69 Å². The van der Waals surface area contributed by atoms with E-state index >= 15 is 0 Å². The lowest BCUT2D eigenvalue weighted by Crippen LogP contribution is -2.25. The summed E-state index contributed by atoms with van der Waals surface area (Å²) in [5.74, 6) is 0. The van der Waals surface area contributed by atoms with Gasteiger partial charge in [0.2, 0.25) is 10.0 Å². The highest BCUT2D eigenvalue weighted by molar-refractivity contribution is 7.93. The number of thiophene rings is 1. The van der Waals surface area contributed by atoms with Crippen molar-refractivity contribution in [1.82, 2.24) is 0 Å². The van der Waals surface area contributed by atoms with E-state index in [-0.39, 0.29) is 6.42 Å². The van der Waals surface area contributed by atoms with E-state index in [1.165, 1.54) is 11.3 Å². The van der Waals surface area contributed by atoms with Crippen LogP contribution in [0.4, 0.5) is 5.69 Å². The first-order chi connectivity index (χ1) is 6.60. The van der Waals surface area contributed by atoms with Crippen LogP contribution in [0.3, 0.4) is 0 Å². The van der Waals surface area contributed by atoms with E-state index < -0.39 is 15.3 Å². The van der Waals surface area contributed by atoms with Gasteiger partial charge in [0.25, 0.3) is 0 Å². The molecule has 0 aliphatic carbocycles. The van der Waals surface area contributed by atoms with E-state index in [1.54, 1.807) is 29.8 Å². The minimum absolute atomic E-state index is 0.288. The molecule has 0 saturated carbocycles. The molecule has 0 spiro atoms. The van der Waals surface area contributed by atoms with Crippen molar-refractivity contribution in [3.8, 4) is 6.07 Å². The number of nitriles is 1. The van der Waals surface area contributed by atoms with Gasteiger partial charge in [-0.2, -0.15) is 16.6 Å². The minimum atomic E-state index is -3.55. The van der Waals surface area contributed by atoms with Crippen molar-refractivity contribution in [2.24, 2.45) is 0 Å². The van der Waals surface area contributed by atoms with E-state index in [9.17, 15) is 8.42 Å². The zero-order valence-corrected chi connectivity index (χ0v) is 9.23. The van der Waals surface area contributed by atoms with Crippen molar-refractivity contribution in [3.63, 3.8) is 0 Å². The van der Waals surface area contributed by atoms with Crippen molar-refractivity contribution >= 4 is 27.0 Å². The molecular weight excluding hydrogens is 220 g/mol. The number of hydrogen-bond acceptors (Lipinski definition) is 4. The SMILES string of the molecule is CCC(C#N)S(=O)(=O)Nc1ccsc1. The summed E-state index contributed by atoms with van der Waals surface area (Å²) < 4.78 is 25.4. The third-order valence-corrected chi connectivity index (χ3v) is 4.06. The molecule has 1 aromatic rings. The van der Waals surface area contributed by atoms with Crippen LogP contribution in [0.15, 0.2) is 16.8 Å². The molecule has 0 saturated heterocycles. The first-order valence-electron chi connectivity index (χ1n) is 4.03. The van der Waals surface area contributed by atoms with E-state index in [4.69, 9.17) is 5.26 Å². The Morgan fingerprint density at radius 2 is 2.43 bits per heavy atom. The zero-order chi connectivity index (χ0) is 10.6. The van der Waals surface area contributed by atoms with Crippen LogP contribution in [-0.2, 0) is 10.0 Å². The van der Waals surface area contributed by atoms with Crippen LogP contribution in [0.1, 0.15) is 13.3 Å². The van der Waals surface area contributed by atoms with Gasteiger partial charge in [-0.05, 0) is 17.9 Å². The summed E-state index contributed by atoms with van der Waals surface area (Å²) in [7, 11) is -3.55. The van der Waals surface area contributed by atoms with Gasteiger partial charge in [0.1, 0.15) is 0 Å². The van der Waals surface area contributed by atoms with Crippen molar-refractivity contribution < 1.29 is 8.42 Å². The monoisotopic (exact) mass is 230 g/mol. The topological polar surface area (TPSA) is 70.0 Å². The van der Waals surface area contributed by atoms with Crippen molar-refractivity contribution in [3.05, 3.63) is 16.8 Å². The number of nitrogens with zero attached hydrogens (tertiary/aromatic N) is 1. The maximum absolute atomic E-state index is 11.5. The van der Waals surface area contributed by atoms with Gasteiger partial charge in [-0.3, -0.25) is 4.72 Å². The zero-order valence-electron chi connectivity index (χ0n) is 7.60. The standard InChI is InChI=1S/C8H10N2O2S2/c1-2-8(5-9)14(11,12)10-7-3-4-13-6-7/h3-4,6,8,10H,2H2,1H3. The van der Waals surface area contributed by atoms with E-state index in [1.807, 2.05) is 0 Å². The second-order valence-corrected chi connectivity index (χ2v) is 5.33. The lowest BCUT2D eigenvalue weighted by molar-refractivity contribution is 0.593. The Morgan fingerprint density at radius 1 is 1.71 bits per heavy atom. The van der Waals surface area contributed by atoms with Crippen molar-refractivity contribution in [1.29, 1.82) is 5.26 Å². The predicted octanol–water partition coefficient (Wildman–Crippen LogP) is 1.79. The molecule has 1 heterocycles. The molecule has 0 amide bonds. The minimum Gasteiger partial charge on any atom is -0.282 e. The Morgan fingerprint density at radius 3 is 2.86 bits per heavy atom. The van der Waals surface area contributed by atoms with Crippen LogP contribution in [0.5, 0.6) is 0 Å². The third-order valence-electron chi connectivity index (χ3n) is 1.67. The average molecular weight is 230 g/mol. The Balaban J connectivity index is 2.83. The smallest absolute Gasteiger partial charge is 0.249 e. The highest BCUT2D eigenvalue weighted by Gasteiger charge is 2.23. The molecule has 76 valence electrons. The second kappa shape index (κ2) is 4.44. The first-order valence-corrected chi connectivity index (χ1v) is 6.52. The molecule has 1 N–H and O–H groups in total. The lowest BCUT2D eigenvalue weighted by Gasteiger charge is -2.09. The molecule has 1 aromatic heterocycles. The van der Waals surface area contributed by atoms with Crippen molar-refractivity contribution in [2.45, 2.75) is 18.6 Å². The summed E-state index contributed by atoms with van der Waals surface area (Å²) in [5.41, 5.74) is 0.517. The van der Waals surface area contributed by atoms with Crippen molar-refractivity contribution in [2.75, 3.05) is 4.72 Å². The molecule has 4 nitrogen and oxygen atoms in total. The Labute approximate surface area is 87.2 Å². The number of sulfonamides is 1. The van der Waals surface area contributed by atoms with Gasteiger partial charge < -0.3 is 0 Å². The molecule has 1 unspecified atom stereocenters. The van der Waals surface area contributed by atoms with Crippen LogP contribution < -0.4 is 4.72 Å². The van der Waals surface area contributed by atoms with Gasteiger partial charge >= 0.3 is 0 Å². The number of anilines is 1. The van der Waals surface area contributed by atoms with Crippen LogP contribution in [0, 0.1) is 11.3 Å². The average Bonchev–Trinajstić information content (AvgIpc) is 2.57. The highest BCUT2D eigenvalue weighted by Crippen LogP contribution is 2.16. The number of hydrogen-bond donors (Lipinski definition) is 1. The first kappa shape index (κ1) is 11.0. The van der Waals surface area contributed by atoms with Crippen LogP contribution >= 0.6 is 11.3 Å². The Bertz CT molecular complexity index is 417. The van der Waals surface area contributed by atoms with Crippen LogP contribution in [0.2, 0.25) is 0 Å². The Hall–Kier alpha value is -1.06. The summed E-state index contributed by atoms with van der Waals surface area (Å²) in [4.78, 5) is 0. The molecule has 0 radical (unpaired) electrons. The third kappa shape index (κ3) is 2.47. The van der Waals surface area contributed by atoms with Gasteiger partial charge in [0.15, 0.2) is 5.25 Å². The maximum Gasteiger partial charge on any atom is 0.249 e. The number of rotatable bonds is 4. The molecule has 0 aliphatic rings. The highest BCUT2D eigenvalue weighted by atomic mass is 32.2. The van der Waals surface area contributed by atoms with Gasteiger partial charge in [0.05, 0.1) is 11.8 Å². The molecule has 1 atom stereocenters. The van der Waals surface area contributed by atoms with Gasteiger partial charge in [-0.25, -0.2) is 8.42 Å². The normalized spacial score (nSPS) is 13.1. The summed E-state index contributed by atoms with van der Waals surface area (Å²) in [6.45, 7) is 1.67. The quantitative estimate of drug-likeness (QED) is 0.857. The summed E-state index contributed by atoms with van der Waals surface area (Å²) in [6.07, 6.45) is 0.288. The Kier molecular flexibility index (Phi) is 3.49. The molecular formula is C8H10N2O2S2. The van der Waals surface area contributed by atoms with Crippen LogP contribution in [0.25, 0.3) is 0 Å². The summed E-state index contributed by atoms with van der Waals surface area (Å²) in [5, 5.41) is 11.1. The molecule has 14 heavy (non-hydrogen) atoms. The van der Waals surface area contributed by atoms with E-state index in [2.05, 4.69) is 4.72 Å². The van der Waals surface area contributed by atoms with Gasteiger partial charge in [-0.15, -0.1) is 0 Å².